The minimum absolute atomic E-state index is 0.264. The van der Waals surface area contributed by atoms with Gasteiger partial charge in [0.1, 0.15) is 0 Å². The second-order valence-corrected chi connectivity index (χ2v) is 5.01. The summed E-state index contributed by atoms with van der Waals surface area (Å²) in [6, 6.07) is 8.14. The van der Waals surface area contributed by atoms with Crippen LogP contribution in [0, 0.1) is 0 Å². The molecule has 86 valence electrons. The van der Waals surface area contributed by atoms with E-state index >= 15 is 0 Å². The lowest BCUT2D eigenvalue weighted by Crippen LogP contribution is -2.10. The van der Waals surface area contributed by atoms with Crippen molar-refractivity contribution in [3.63, 3.8) is 0 Å². The minimum atomic E-state index is 0.264. The van der Waals surface area contributed by atoms with Gasteiger partial charge in [0.25, 0.3) is 5.19 Å². The zero-order chi connectivity index (χ0) is 11.4. The fraction of sp³-hybridized carbons (Fsp3) is 0.462. The predicted octanol–water partition coefficient (Wildman–Crippen LogP) is 4.25. The fourth-order valence-corrected chi connectivity index (χ4v) is 2.53. The number of hydrogen-bond donors (Lipinski definition) is 0. The maximum atomic E-state index is 5.81. The van der Waals surface area contributed by atoms with Crippen molar-refractivity contribution in [1.82, 2.24) is 4.98 Å². The molecule has 1 atom stereocenters. The molecule has 1 aromatic heterocycles. The molecule has 0 saturated heterocycles. The summed E-state index contributed by atoms with van der Waals surface area (Å²) in [6.07, 6.45) is 3.80. The Balaban J connectivity index is 2.03. The van der Waals surface area contributed by atoms with Crippen LogP contribution in [0.1, 0.15) is 33.1 Å². The zero-order valence-corrected chi connectivity index (χ0v) is 10.6. The lowest BCUT2D eigenvalue weighted by Gasteiger charge is -2.10. The summed E-state index contributed by atoms with van der Waals surface area (Å²) in [5, 5.41) is 0.796. The Morgan fingerprint density at radius 1 is 1.38 bits per heavy atom. The molecule has 1 aromatic carbocycles. The molecule has 0 saturated carbocycles. The molecule has 0 fully saturated rings. The van der Waals surface area contributed by atoms with Crippen molar-refractivity contribution < 1.29 is 4.74 Å². The third-order valence-electron chi connectivity index (χ3n) is 2.54. The second kappa shape index (κ2) is 5.30. The highest BCUT2D eigenvalue weighted by atomic mass is 32.1. The first-order valence-corrected chi connectivity index (χ1v) is 6.63. The van der Waals surface area contributed by atoms with Crippen molar-refractivity contribution in [3.05, 3.63) is 24.3 Å². The number of thiazole rings is 1. The van der Waals surface area contributed by atoms with E-state index in [-0.39, 0.29) is 6.10 Å². The molecule has 0 amide bonds. The number of ether oxygens (including phenoxy) is 1. The molecule has 2 aromatic rings. The van der Waals surface area contributed by atoms with Crippen LogP contribution in [-0.4, -0.2) is 11.1 Å². The average molecular weight is 235 g/mol. The van der Waals surface area contributed by atoms with Crippen LogP contribution in [0.2, 0.25) is 0 Å². The van der Waals surface area contributed by atoms with Crippen molar-refractivity contribution in [2.24, 2.45) is 0 Å². The number of rotatable bonds is 5. The van der Waals surface area contributed by atoms with Gasteiger partial charge in [-0.2, -0.15) is 0 Å². The lowest BCUT2D eigenvalue weighted by atomic mass is 10.2. The lowest BCUT2D eigenvalue weighted by molar-refractivity contribution is 0.207. The van der Waals surface area contributed by atoms with Gasteiger partial charge in [-0.3, -0.25) is 0 Å². The van der Waals surface area contributed by atoms with Gasteiger partial charge in [0.2, 0.25) is 0 Å². The highest BCUT2D eigenvalue weighted by molar-refractivity contribution is 7.20. The summed E-state index contributed by atoms with van der Waals surface area (Å²) in [5.41, 5.74) is 1.03. The van der Waals surface area contributed by atoms with Crippen molar-refractivity contribution >= 4 is 21.6 Å². The standard InChI is InChI=1S/C13H17NOS/c1-3-4-7-10(2)15-13-14-11-8-5-6-9-12(11)16-13/h5-6,8-10H,3-4,7H2,1-2H3/t10-/m1/s1. The molecule has 1 heterocycles. The highest BCUT2D eigenvalue weighted by Gasteiger charge is 2.08. The normalized spacial score (nSPS) is 12.9. The fourth-order valence-electron chi connectivity index (χ4n) is 1.62. The largest absolute Gasteiger partial charge is 0.467 e. The van der Waals surface area contributed by atoms with Gasteiger partial charge in [-0.25, -0.2) is 4.98 Å². The van der Waals surface area contributed by atoms with E-state index in [0.717, 1.165) is 17.1 Å². The van der Waals surface area contributed by atoms with E-state index in [9.17, 15) is 0 Å². The maximum absolute atomic E-state index is 5.81. The highest BCUT2D eigenvalue weighted by Crippen LogP contribution is 2.28. The molecule has 0 spiro atoms. The van der Waals surface area contributed by atoms with Crippen LogP contribution in [0.5, 0.6) is 5.19 Å². The maximum Gasteiger partial charge on any atom is 0.274 e. The van der Waals surface area contributed by atoms with Crippen LogP contribution >= 0.6 is 11.3 Å². The Bertz CT molecular complexity index is 419. The van der Waals surface area contributed by atoms with Gasteiger partial charge >= 0.3 is 0 Å². The Morgan fingerprint density at radius 2 is 2.19 bits per heavy atom. The third-order valence-corrected chi connectivity index (χ3v) is 3.47. The molecule has 0 aliphatic carbocycles. The van der Waals surface area contributed by atoms with E-state index in [1.165, 1.54) is 17.5 Å². The van der Waals surface area contributed by atoms with Crippen molar-refractivity contribution in [2.75, 3.05) is 0 Å². The first-order valence-electron chi connectivity index (χ1n) is 5.82. The van der Waals surface area contributed by atoms with Crippen LogP contribution in [0.15, 0.2) is 24.3 Å². The van der Waals surface area contributed by atoms with Crippen LogP contribution in [0.3, 0.4) is 0 Å². The smallest absolute Gasteiger partial charge is 0.274 e. The zero-order valence-electron chi connectivity index (χ0n) is 9.77. The number of fused-ring (bicyclic) bond motifs is 1. The number of para-hydroxylation sites is 1. The second-order valence-electron chi connectivity index (χ2n) is 4.02. The number of nitrogens with zero attached hydrogens (tertiary/aromatic N) is 1. The van der Waals surface area contributed by atoms with Crippen LogP contribution < -0.4 is 4.74 Å². The van der Waals surface area contributed by atoms with Gasteiger partial charge in [-0.05, 0) is 25.5 Å². The SMILES string of the molecule is CCCC[C@@H](C)Oc1nc2ccccc2s1. The molecule has 0 N–H and O–H groups in total. The monoisotopic (exact) mass is 235 g/mol. The van der Waals surface area contributed by atoms with E-state index in [1.54, 1.807) is 11.3 Å². The Morgan fingerprint density at radius 3 is 2.94 bits per heavy atom. The van der Waals surface area contributed by atoms with E-state index in [0.29, 0.717) is 0 Å². The average Bonchev–Trinajstić information content (AvgIpc) is 2.68. The topological polar surface area (TPSA) is 22.1 Å². The van der Waals surface area contributed by atoms with Gasteiger partial charge in [-0.15, -0.1) is 0 Å². The Kier molecular flexibility index (Phi) is 3.78. The van der Waals surface area contributed by atoms with Gasteiger partial charge < -0.3 is 4.74 Å². The molecule has 2 nitrogen and oxygen atoms in total. The predicted molar refractivity (Wildman–Crippen MR) is 69.2 cm³/mol. The van der Waals surface area contributed by atoms with E-state index < -0.39 is 0 Å². The summed E-state index contributed by atoms with van der Waals surface area (Å²) in [7, 11) is 0. The molecule has 0 aliphatic rings. The molecule has 0 radical (unpaired) electrons. The number of hydrogen-bond acceptors (Lipinski definition) is 3. The van der Waals surface area contributed by atoms with Gasteiger partial charge in [0, 0.05) is 0 Å². The summed E-state index contributed by atoms with van der Waals surface area (Å²) >= 11 is 1.63. The summed E-state index contributed by atoms with van der Waals surface area (Å²) in [4.78, 5) is 4.46. The summed E-state index contributed by atoms with van der Waals surface area (Å²) in [6.45, 7) is 4.31. The van der Waals surface area contributed by atoms with Gasteiger partial charge in [-0.1, -0.05) is 43.2 Å². The molecular weight excluding hydrogens is 218 g/mol. The summed E-state index contributed by atoms with van der Waals surface area (Å²) < 4.78 is 7.00. The van der Waals surface area contributed by atoms with Crippen molar-refractivity contribution in [2.45, 2.75) is 39.2 Å². The first kappa shape index (κ1) is 11.4. The molecule has 0 bridgehead atoms. The molecule has 0 unspecified atom stereocenters. The molecule has 2 rings (SSSR count). The van der Waals surface area contributed by atoms with E-state index in [1.807, 2.05) is 18.2 Å². The van der Waals surface area contributed by atoms with E-state index in [2.05, 4.69) is 24.9 Å². The number of aromatic nitrogens is 1. The number of unbranched alkanes of at least 4 members (excludes halogenated alkanes) is 1. The van der Waals surface area contributed by atoms with Gasteiger partial charge in [0.05, 0.1) is 16.3 Å². The van der Waals surface area contributed by atoms with Crippen molar-refractivity contribution in [3.8, 4) is 5.19 Å². The van der Waals surface area contributed by atoms with Crippen LogP contribution in [0.4, 0.5) is 0 Å². The van der Waals surface area contributed by atoms with Crippen LogP contribution in [-0.2, 0) is 0 Å². The molecule has 3 heteroatoms. The molecular formula is C13H17NOS. The van der Waals surface area contributed by atoms with E-state index in [4.69, 9.17) is 4.74 Å². The third kappa shape index (κ3) is 2.73. The van der Waals surface area contributed by atoms with Crippen molar-refractivity contribution in [1.29, 1.82) is 0 Å². The Hall–Kier alpha value is -1.09. The quantitative estimate of drug-likeness (QED) is 0.772. The molecule has 16 heavy (non-hydrogen) atoms. The van der Waals surface area contributed by atoms with Gasteiger partial charge in [0.15, 0.2) is 0 Å². The number of benzene rings is 1. The van der Waals surface area contributed by atoms with Crippen LogP contribution in [0.25, 0.3) is 10.2 Å². The Labute approximate surface area is 100 Å². The molecule has 0 aliphatic heterocycles. The summed E-state index contributed by atoms with van der Waals surface area (Å²) in [5.74, 6) is 0. The first-order chi connectivity index (χ1) is 7.79. The minimum Gasteiger partial charge on any atom is -0.467 e.